The first-order valence-corrected chi connectivity index (χ1v) is 11.9. The maximum Gasteiger partial charge on any atom is 0.413 e. The maximum atomic E-state index is 12.6. The van der Waals surface area contributed by atoms with E-state index in [9.17, 15) is 9.59 Å². The zero-order chi connectivity index (χ0) is 21.5. The number of amides is 1. The molecule has 31 heavy (non-hydrogen) atoms. The second-order valence-electron chi connectivity index (χ2n) is 9.94. The third kappa shape index (κ3) is 3.74. The van der Waals surface area contributed by atoms with E-state index in [0.717, 1.165) is 11.8 Å². The summed E-state index contributed by atoms with van der Waals surface area (Å²) in [4.78, 5) is 36.0. The first kappa shape index (κ1) is 20.5. The van der Waals surface area contributed by atoms with Crippen molar-refractivity contribution in [1.29, 1.82) is 0 Å². The summed E-state index contributed by atoms with van der Waals surface area (Å²) in [5.74, 6) is 3.62. The number of hydrogen-bond acceptors (Lipinski definition) is 5. The molecular weight excluding hydrogens is 394 g/mol. The summed E-state index contributed by atoms with van der Waals surface area (Å²) >= 11 is 0. The number of aromatic nitrogens is 4. The van der Waals surface area contributed by atoms with E-state index in [0.29, 0.717) is 30.0 Å². The number of rotatable bonds is 4. The molecule has 0 saturated heterocycles. The Kier molecular flexibility index (Phi) is 5.48. The van der Waals surface area contributed by atoms with Gasteiger partial charge in [0.25, 0.3) is 5.56 Å². The van der Waals surface area contributed by atoms with E-state index in [1.165, 1.54) is 51.4 Å². The van der Waals surface area contributed by atoms with E-state index in [1.807, 2.05) is 18.4 Å². The smallest absolute Gasteiger partial charge is 0.413 e. The number of aromatic amines is 1. The first-order valence-electron chi connectivity index (χ1n) is 11.9. The Bertz CT molecular complexity index is 990. The van der Waals surface area contributed by atoms with Gasteiger partial charge >= 0.3 is 6.09 Å². The minimum atomic E-state index is -0.551. The van der Waals surface area contributed by atoms with Crippen molar-refractivity contribution in [3.63, 3.8) is 0 Å². The average Bonchev–Trinajstić information content (AvgIpc) is 3.32. The van der Waals surface area contributed by atoms with Crippen molar-refractivity contribution < 1.29 is 9.53 Å². The van der Waals surface area contributed by atoms with Crippen molar-refractivity contribution in [3.05, 3.63) is 16.7 Å². The van der Waals surface area contributed by atoms with Crippen LogP contribution in [-0.2, 0) is 4.74 Å². The van der Waals surface area contributed by atoms with Gasteiger partial charge in [0.2, 0.25) is 5.95 Å². The van der Waals surface area contributed by atoms with Crippen LogP contribution >= 0.6 is 0 Å². The molecule has 0 radical (unpaired) electrons. The number of nitrogens with zero attached hydrogens (tertiary/aromatic N) is 3. The predicted octanol–water partition coefficient (Wildman–Crippen LogP) is 4.49. The number of nitrogens with one attached hydrogen (secondary N) is 2. The number of ether oxygens (including phenoxy) is 1. The summed E-state index contributed by atoms with van der Waals surface area (Å²) in [6.45, 7) is 4.44. The van der Waals surface area contributed by atoms with E-state index in [-0.39, 0.29) is 23.1 Å². The largest absolute Gasteiger partial charge is 0.449 e. The third-order valence-corrected chi connectivity index (χ3v) is 8.02. The Hall–Kier alpha value is -2.38. The molecule has 2 aromatic heterocycles. The second-order valence-corrected chi connectivity index (χ2v) is 9.94. The molecule has 2 N–H and O–H groups in total. The Morgan fingerprint density at radius 1 is 1.13 bits per heavy atom. The van der Waals surface area contributed by atoms with Crippen molar-refractivity contribution >= 4 is 23.2 Å². The molecule has 4 atom stereocenters. The van der Waals surface area contributed by atoms with Crippen molar-refractivity contribution in [3.8, 4) is 0 Å². The van der Waals surface area contributed by atoms with Gasteiger partial charge in [0.1, 0.15) is 0 Å². The minimum absolute atomic E-state index is 0.0995. The normalized spacial score (nSPS) is 30.2. The molecule has 0 bridgehead atoms. The van der Waals surface area contributed by atoms with Crippen LogP contribution in [0.4, 0.5) is 10.7 Å². The lowest BCUT2D eigenvalue weighted by atomic mass is 9.73. The highest BCUT2D eigenvalue weighted by atomic mass is 16.5. The number of imidazole rings is 1. The van der Waals surface area contributed by atoms with Crippen LogP contribution in [0, 0.1) is 29.6 Å². The van der Waals surface area contributed by atoms with Gasteiger partial charge in [0.15, 0.2) is 11.2 Å². The van der Waals surface area contributed by atoms with Gasteiger partial charge < -0.3 is 9.30 Å². The lowest BCUT2D eigenvalue weighted by Crippen LogP contribution is -2.28. The lowest BCUT2D eigenvalue weighted by Gasteiger charge is -2.32. The number of hydrogen-bond donors (Lipinski definition) is 2. The van der Waals surface area contributed by atoms with E-state index in [2.05, 4.69) is 20.3 Å². The average molecular weight is 428 g/mol. The molecular formula is C23H33N5O3. The standard InChI is InChI=1S/C23H33N5O3/c1-13(2)28-12-24-19-20(28)25-22(26-21(19)29)27-23(30)31-11-18-16-9-5-3-7-14(16)15-8-4-6-10-17(15)18/h12-18H,3-11H2,1-2H3,(H2,25,26,27,29,30). The van der Waals surface area contributed by atoms with Crippen molar-refractivity contribution in [2.24, 2.45) is 29.6 Å². The summed E-state index contributed by atoms with van der Waals surface area (Å²) in [5, 5.41) is 2.63. The molecule has 3 saturated carbocycles. The summed E-state index contributed by atoms with van der Waals surface area (Å²) in [5.41, 5.74) is 0.357. The molecule has 8 heteroatoms. The molecule has 3 aliphatic rings. The van der Waals surface area contributed by atoms with Gasteiger partial charge in [-0.2, -0.15) is 4.98 Å². The zero-order valence-electron chi connectivity index (χ0n) is 18.5. The molecule has 2 heterocycles. The van der Waals surface area contributed by atoms with Crippen LogP contribution in [0.3, 0.4) is 0 Å². The molecule has 0 spiro atoms. The van der Waals surface area contributed by atoms with Gasteiger partial charge in [-0.05, 0) is 69.1 Å². The van der Waals surface area contributed by atoms with E-state index in [4.69, 9.17) is 4.74 Å². The topological polar surface area (TPSA) is 102 Å². The number of H-pyrrole nitrogens is 1. The van der Waals surface area contributed by atoms with Gasteiger partial charge in [-0.1, -0.05) is 25.7 Å². The molecule has 4 unspecified atom stereocenters. The summed E-state index contributed by atoms with van der Waals surface area (Å²) in [7, 11) is 0. The molecule has 8 nitrogen and oxygen atoms in total. The van der Waals surface area contributed by atoms with Crippen LogP contribution in [-0.4, -0.2) is 32.2 Å². The van der Waals surface area contributed by atoms with Crippen molar-refractivity contribution in [2.75, 3.05) is 11.9 Å². The monoisotopic (exact) mass is 427 g/mol. The van der Waals surface area contributed by atoms with Crippen molar-refractivity contribution in [2.45, 2.75) is 71.3 Å². The first-order chi connectivity index (χ1) is 15.0. The summed E-state index contributed by atoms with van der Waals surface area (Å²) in [6, 6.07) is 0.105. The molecule has 0 aliphatic heterocycles. The fourth-order valence-corrected chi connectivity index (χ4v) is 6.74. The minimum Gasteiger partial charge on any atom is -0.449 e. The summed E-state index contributed by atoms with van der Waals surface area (Å²) in [6.07, 6.45) is 11.6. The Labute approximate surface area is 182 Å². The van der Waals surface area contributed by atoms with Crippen LogP contribution < -0.4 is 10.9 Å². The Balaban J connectivity index is 1.28. The van der Waals surface area contributed by atoms with Crippen LogP contribution in [0.1, 0.15) is 71.3 Å². The highest BCUT2D eigenvalue weighted by molar-refractivity contribution is 5.83. The second kappa shape index (κ2) is 8.28. The van der Waals surface area contributed by atoms with Crippen LogP contribution in [0.15, 0.2) is 11.1 Å². The van der Waals surface area contributed by atoms with Gasteiger partial charge in [-0.25, -0.2) is 9.78 Å². The molecule has 1 amide bonds. The number of anilines is 1. The zero-order valence-corrected chi connectivity index (χ0v) is 18.5. The van der Waals surface area contributed by atoms with Gasteiger partial charge in [-0.15, -0.1) is 0 Å². The number of carbonyl (C=O) groups excluding carboxylic acids is 1. The lowest BCUT2D eigenvalue weighted by molar-refractivity contribution is 0.0958. The van der Waals surface area contributed by atoms with Crippen LogP contribution in [0.2, 0.25) is 0 Å². The predicted molar refractivity (Wildman–Crippen MR) is 118 cm³/mol. The fraction of sp³-hybridized carbons (Fsp3) is 0.739. The molecule has 168 valence electrons. The van der Waals surface area contributed by atoms with Gasteiger partial charge in [0.05, 0.1) is 12.9 Å². The van der Waals surface area contributed by atoms with Gasteiger partial charge in [0, 0.05) is 6.04 Å². The molecule has 2 aromatic rings. The highest BCUT2D eigenvalue weighted by Gasteiger charge is 2.51. The molecule has 0 aromatic carbocycles. The van der Waals surface area contributed by atoms with Crippen LogP contribution in [0.25, 0.3) is 11.2 Å². The molecule has 3 aliphatic carbocycles. The molecule has 3 fully saturated rings. The van der Waals surface area contributed by atoms with Crippen LogP contribution in [0.5, 0.6) is 0 Å². The maximum absolute atomic E-state index is 12.6. The highest BCUT2D eigenvalue weighted by Crippen LogP contribution is 2.57. The Morgan fingerprint density at radius 3 is 2.35 bits per heavy atom. The fourth-order valence-electron chi connectivity index (χ4n) is 6.74. The van der Waals surface area contributed by atoms with Gasteiger partial charge in [-0.3, -0.25) is 15.1 Å². The number of carbonyl (C=O) groups is 1. The quantitative estimate of drug-likeness (QED) is 0.748. The SMILES string of the molecule is CC(C)n1cnc2c(=O)[nH]c(NC(=O)OCC3C4CCCCC4C4CCCCC43)nc21. The Morgan fingerprint density at radius 2 is 1.74 bits per heavy atom. The molecule has 5 rings (SSSR count). The summed E-state index contributed by atoms with van der Waals surface area (Å²) < 4.78 is 7.52. The van der Waals surface area contributed by atoms with E-state index >= 15 is 0 Å². The number of fused-ring (bicyclic) bond motifs is 4. The van der Waals surface area contributed by atoms with E-state index < -0.39 is 6.09 Å². The van der Waals surface area contributed by atoms with Crippen molar-refractivity contribution in [1.82, 2.24) is 19.5 Å². The third-order valence-electron chi connectivity index (χ3n) is 8.02. The van der Waals surface area contributed by atoms with E-state index in [1.54, 1.807) is 6.33 Å².